The molecule has 1 heterocycles. The smallest absolute Gasteiger partial charge is 0.143 e. The van der Waals surface area contributed by atoms with Crippen molar-refractivity contribution in [3.05, 3.63) is 133 Å². The molecule has 0 N–H and O–H groups in total. The fourth-order valence-corrected chi connectivity index (χ4v) is 8.57. The number of benzene rings is 9. The summed E-state index contributed by atoms with van der Waals surface area (Å²) in [7, 11) is 60.7. The summed E-state index contributed by atoms with van der Waals surface area (Å²) < 4.78 is 6.47. The molecule has 1 aromatic heterocycles. The molecule has 10 rings (SSSR count). The lowest BCUT2D eigenvalue weighted by atomic mass is 9.61. The van der Waals surface area contributed by atoms with Gasteiger partial charge in [0.2, 0.25) is 0 Å². The predicted octanol–water partition coefficient (Wildman–Crippen LogP) is 2.99. The summed E-state index contributed by atoms with van der Waals surface area (Å²) in [6.45, 7) is 0. The molecule has 0 fully saturated rings. The van der Waals surface area contributed by atoms with Gasteiger partial charge in [-0.25, -0.2) is 0 Å². The van der Waals surface area contributed by atoms with E-state index in [1.54, 1.807) is 4.90 Å². The van der Waals surface area contributed by atoms with Crippen LogP contribution >= 0.6 is 0 Å². The highest BCUT2D eigenvalue weighted by Gasteiger charge is 2.26. The van der Waals surface area contributed by atoms with Gasteiger partial charge >= 0.3 is 0 Å². The van der Waals surface area contributed by atoms with E-state index in [-0.39, 0.29) is 60.5 Å². The van der Waals surface area contributed by atoms with Gasteiger partial charge < -0.3 is 9.32 Å². The van der Waals surface area contributed by atoms with Crippen LogP contribution in [0.15, 0.2) is 138 Å². The van der Waals surface area contributed by atoms with E-state index in [9.17, 15) is 0 Å². The molecule has 0 saturated carbocycles. The number of anilines is 3. The highest BCUT2D eigenvalue weighted by Crippen LogP contribution is 2.40. The lowest BCUT2D eigenvalue weighted by Gasteiger charge is -2.37. The maximum atomic E-state index is 7.04. The minimum Gasteiger partial charge on any atom is -0.455 e. The molecule has 18 radical (unpaired) electrons. The number of furan rings is 1. The van der Waals surface area contributed by atoms with Crippen molar-refractivity contribution in [2.75, 3.05) is 4.90 Å². The van der Waals surface area contributed by atoms with E-state index in [1.807, 2.05) is 72.8 Å². The predicted molar refractivity (Wildman–Crippen MR) is 260 cm³/mol. The maximum Gasteiger partial charge on any atom is 0.143 e. The molecule has 0 unspecified atom stereocenters. The summed E-state index contributed by atoms with van der Waals surface area (Å²) in [4.78, 5) is 1.69. The minimum absolute atomic E-state index is 0.0535. The highest BCUT2D eigenvalue weighted by molar-refractivity contribution is 6.69. The van der Waals surface area contributed by atoms with Crippen molar-refractivity contribution in [2.45, 2.75) is 0 Å². The molecular weight excluding hydrogens is 704 g/mol. The molecule has 252 valence electrons. The van der Waals surface area contributed by atoms with Gasteiger partial charge in [0.1, 0.15) is 81.8 Å². The summed E-state index contributed by atoms with van der Waals surface area (Å²) >= 11 is 0. The number of hydrogen-bond donors (Lipinski definition) is 0. The Morgan fingerprint density at radius 2 is 0.881 bits per heavy atom. The molecule has 10 aromatic rings. The first-order chi connectivity index (χ1) is 28.5. The minimum atomic E-state index is 0.0535. The van der Waals surface area contributed by atoms with Crippen LogP contribution in [0.1, 0.15) is 0 Å². The van der Waals surface area contributed by atoms with Crippen molar-refractivity contribution in [2.24, 2.45) is 0 Å². The third kappa shape index (κ3) is 5.69. The summed E-state index contributed by atoms with van der Waals surface area (Å²) in [6, 6.07) is 44.7. The summed E-state index contributed by atoms with van der Waals surface area (Å²) in [5.41, 5.74) is 6.82. The second-order valence-electron chi connectivity index (χ2n) is 14.8. The van der Waals surface area contributed by atoms with Gasteiger partial charge in [-0.2, -0.15) is 0 Å². The quantitative estimate of drug-likeness (QED) is 0.201. The van der Waals surface area contributed by atoms with Crippen molar-refractivity contribution in [3.8, 4) is 22.3 Å². The number of fused-ring (bicyclic) bond motifs is 8. The van der Waals surface area contributed by atoms with Gasteiger partial charge in [-0.05, 0) is 79.5 Å². The first-order valence-corrected chi connectivity index (χ1v) is 19.0. The van der Waals surface area contributed by atoms with Crippen LogP contribution in [-0.2, 0) is 0 Å². The fraction of sp³-hybridized carbons (Fsp3) is 0. The Kier molecular flexibility index (Phi) is 8.87. The zero-order chi connectivity index (χ0) is 40.9. The zero-order valence-electron chi connectivity index (χ0n) is 31.8. The molecule has 0 aliphatic rings. The summed E-state index contributed by atoms with van der Waals surface area (Å²) in [5.74, 6) is 0. The molecule has 11 heteroatoms. The number of nitrogens with zero attached hydrogens (tertiary/aromatic N) is 1. The third-order valence-corrected chi connectivity index (χ3v) is 11.6. The number of rotatable bonds is 5. The lowest BCUT2D eigenvalue weighted by Crippen LogP contribution is -2.57. The van der Waals surface area contributed by atoms with Crippen LogP contribution in [0.2, 0.25) is 0 Å². The molecular formula is C48H22B9NO. The summed E-state index contributed by atoms with van der Waals surface area (Å²) in [5, 5.41) is 8.53. The van der Waals surface area contributed by atoms with Crippen molar-refractivity contribution < 1.29 is 4.42 Å². The van der Waals surface area contributed by atoms with Crippen LogP contribution in [0.3, 0.4) is 0 Å². The van der Waals surface area contributed by atoms with Crippen molar-refractivity contribution >= 4 is 191 Å². The van der Waals surface area contributed by atoms with E-state index < -0.39 is 0 Å². The first kappa shape index (κ1) is 37.2. The topological polar surface area (TPSA) is 16.4 Å². The van der Waals surface area contributed by atoms with Crippen LogP contribution in [-0.4, -0.2) is 70.6 Å². The lowest BCUT2D eigenvalue weighted by molar-refractivity contribution is 0.673. The number of hydrogen-bond acceptors (Lipinski definition) is 2. The SMILES string of the molecule is [B]c1c([B])c([B])c(N(c2ccc(-c3cccc4oc5c6ccccc6ccc5c34)cc2)c2c([B])c([B])c(-c3ccc4c(ccc5ccccc54)c3)c([B])c2[B])c([B])c1[B]. The van der Waals surface area contributed by atoms with Crippen LogP contribution in [0.5, 0.6) is 0 Å². The van der Waals surface area contributed by atoms with E-state index in [1.165, 1.54) is 0 Å². The molecule has 0 spiro atoms. The average Bonchev–Trinajstić information content (AvgIpc) is 3.66. The first-order valence-electron chi connectivity index (χ1n) is 19.0. The normalized spacial score (nSPS) is 11.7. The molecule has 59 heavy (non-hydrogen) atoms. The molecule has 0 saturated heterocycles. The van der Waals surface area contributed by atoms with Crippen molar-refractivity contribution in [3.63, 3.8) is 0 Å². The van der Waals surface area contributed by atoms with Gasteiger partial charge in [0.05, 0.1) is 0 Å². The van der Waals surface area contributed by atoms with Crippen LogP contribution < -0.4 is 54.1 Å². The Balaban J connectivity index is 1.16. The van der Waals surface area contributed by atoms with Crippen LogP contribution in [0.4, 0.5) is 17.1 Å². The third-order valence-electron chi connectivity index (χ3n) is 11.6. The molecule has 0 amide bonds. The second kappa shape index (κ2) is 14.1. The van der Waals surface area contributed by atoms with Crippen molar-refractivity contribution in [1.29, 1.82) is 0 Å². The summed E-state index contributed by atoms with van der Waals surface area (Å²) in [6.07, 6.45) is 0. The van der Waals surface area contributed by atoms with Gasteiger partial charge in [0, 0.05) is 33.2 Å². The fourth-order valence-electron chi connectivity index (χ4n) is 8.57. The monoisotopic (exact) mass is 727 g/mol. The zero-order valence-corrected chi connectivity index (χ0v) is 31.8. The Labute approximate surface area is 354 Å². The second-order valence-corrected chi connectivity index (χ2v) is 14.8. The highest BCUT2D eigenvalue weighted by atomic mass is 16.3. The molecule has 2 nitrogen and oxygen atoms in total. The maximum absolute atomic E-state index is 7.04. The van der Waals surface area contributed by atoms with Gasteiger partial charge in [0.25, 0.3) is 0 Å². The molecule has 0 aliphatic heterocycles. The van der Waals surface area contributed by atoms with Gasteiger partial charge in [-0.3, -0.25) is 0 Å². The Bertz CT molecular complexity index is 3340. The molecule has 9 aromatic carbocycles. The van der Waals surface area contributed by atoms with E-state index in [0.29, 0.717) is 11.3 Å². The molecule has 0 aliphatic carbocycles. The Morgan fingerprint density at radius 1 is 0.373 bits per heavy atom. The van der Waals surface area contributed by atoms with Crippen LogP contribution in [0, 0.1) is 0 Å². The van der Waals surface area contributed by atoms with Gasteiger partial charge in [-0.1, -0.05) is 136 Å². The molecule has 0 bridgehead atoms. The van der Waals surface area contributed by atoms with Crippen LogP contribution in [0.25, 0.3) is 76.5 Å². The van der Waals surface area contributed by atoms with Gasteiger partial charge in [0.15, 0.2) is 0 Å². The standard InChI is InChI=1S/C48H22B9NO/c49-37-35(27-17-20-30-26(22-27)13-12-23-6-1-3-8-29(23)30)38(50)43(55)46(42(37)54)58(47-44(56)40(52)39(51)41(53)45(47)57)28-18-14-25(15-19-28)31-10-5-11-34-36(31)33-21-16-24-7-2-4-9-32(24)48(33)59-34/h1-22H. The largest absolute Gasteiger partial charge is 0.455 e. The van der Waals surface area contributed by atoms with E-state index in [4.69, 9.17) is 75.0 Å². The van der Waals surface area contributed by atoms with E-state index in [2.05, 4.69) is 60.7 Å². The Hall–Kier alpha value is -6.06. The Morgan fingerprint density at radius 3 is 1.56 bits per heavy atom. The van der Waals surface area contributed by atoms with E-state index in [0.717, 1.165) is 70.9 Å². The van der Waals surface area contributed by atoms with E-state index >= 15 is 0 Å². The molecule has 0 atom stereocenters. The van der Waals surface area contributed by atoms with Crippen molar-refractivity contribution in [1.82, 2.24) is 0 Å². The average molecular weight is 726 g/mol. The van der Waals surface area contributed by atoms with Gasteiger partial charge in [-0.15, -0.1) is 16.4 Å².